The van der Waals surface area contributed by atoms with Crippen molar-refractivity contribution >= 4 is 41.8 Å². The molecule has 16 atom stereocenters. The van der Waals surface area contributed by atoms with Crippen LogP contribution in [-0.4, -0.2) is 292 Å². The van der Waals surface area contributed by atoms with Gasteiger partial charge in [-0.2, -0.15) is 0 Å². The van der Waals surface area contributed by atoms with Gasteiger partial charge in [-0.25, -0.2) is 33.6 Å². The van der Waals surface area contributed by atoms with E-state index in [9.17, 15) is 74.4 Å². The highest BCUT2D eigenvalue weighted by Crippen LogP contribution is 2.37. The minimum atomic E-state index is -2.50. The van der Waals surface area contributed by atoms with Gasteiger partial charge >= 0.3 is 41.8 Å². The van der Waals surface area contributed by atoms with Crippen LogP contribution in [-0.2, 0) is 114 Å². The van der Waals surface area contributed by atoms with Crippen LogP contribution in [0.25, 0.3) is 0 Å². The van der Waals surface area contributed by atoms with Crippen molar-refractivity contribution in [2.45, 2.75) is 146 Å². The molecule has 0 aromatic carbocycles. The second-order valence-corrected chi connectivity index (χ2v) is 22.1. The molecule has 93 heavy (non-hydrogen) atoms. The van der Waals surface area contributed by atoms with E-state index in [1.807, 2.05) is 0 Å². The summed E-state index contributed by atoms with van der Waals surface area (Å²) in [5.74, 6) is -8.55. The van der Waals surface area contributed by atoms with Gasteiger partial charge in [0.1, 0.15) is 138 Å². The summed E-state index contributed by atoms with van der Waals surface area (Å²) in [6.07, 6.45) is -25.0. The average Bonchev–Trinajstić information content (AvgIpc) is 1.71. The fraction of sp³-hybridized carbons (Fsp3) is 0.656. The molecular formula is C61H92O32. The molecule has 0 spiro atoms. The molecule has 0 aliphatic carbocycles. The second-order valence-electron chi connectivity index (χ2n) is 22.1. The smallest absolute Gasteiger partial charge is 0.333 e. The Balaban J connectivity index is 2.93. The van der Waals surface area contributed by atoms with Crippen LogP contribution in [0.3, 0.4) is 0 Å². The molecule has 2 aliphatic rings. The first-order valence-corrected chi connectivity index (χ1v) is 29.0. The first kappa shape index (κ1) is 82.8. The SMILES string of the molecule is C=C(C)C(=O)OCC(O)COC[C@H]1O[C@H](OC[C@H]2O[C@@](COCC(O)COC(=O)C(=C)C)(OCC(O)COC(=O)C(=C)C)[C@@H](O)[C@@H]2OCC(O)COC(=O)C(=C)C)[C@H](OCC(O)COC(=O)C(=C)C)[C@@H](OCC(O)COC(=O)C(=C)C)[C@@H]1OCC(O)COC(=O)C(=C)C. The molecule has 528 valence electrons. The lowest BCUT2D eigenvalue weighted by atomic mass is 9.97. The summed E-state index contributed by atoms with van der Waals surface area (Å²) in [5, 5.41) is 89.4. The number of rotatable bonds is 47. The van der Waals surface area contributed by atoms with E-state index in [1.165, 1.54) is 48.5 Å². The first-order valence-electron chi connectivity index (χ1n) is 29.0. The van der Waals surface area contributed by atoms with Crippen LogP contribution < -0.4 is 0 Å². The molecule has 0 saturated carbocycles. The first-order chi connectivity index (χ1) is 43.6. The Kier molecular flexibility index (Phi) is 37.6. The zero-order chi connectivity index (χ0) is 70.3. The molecule has 0 amide bonds. The number of carbonyl (C=O) groups excluding carboxylic acids is 7. The standard InChI is InChI=1S/C61H92O32/c1-32(2)53(70)83-21-39(62)15-77-29-46-48(79-17-41(64)23-85-55(72)34(5)6)50(81-19-43(66)25-87-57(74)36(9)10)51(82-20-44(67)26-88-58(75)37(11)12)60(92-46)90-30-47-49(80-18-42(65)24-86-56(73)35(7)8)52(69)61(93-47,91-28-45(68)27-89-59(76)38(13)14)31-78-16-40(63)22-84-54(71)33(3)4/h39-52,60,62-69H,1,3,5,7,9,11,13,15-31H2,2,4,6,8,10,12,14H3/t39?,40?,41?,42?,43?,44?,45?,46-,47-,48-,49-,50+,51-,52+,60+,61-/m1/s1. The Hall–Kier alpha value is -6.25. The molecule has 0 radical (unpaired) electrons. The minimum Gasteiger partial charge on any atom is -0.460 e. The van der Waals surface area contributed by atoms with Crippen LogP contribution in [0.15, 0.2) is 85.1 Å². The fourth-order valence-electron chi connectivity index (χ4n) is 7.54. The van der Waals surface area contributed by atoms with Crippen molar-refractivity contribution in [3.8, 4) is 0 Å². The molecule has 0 aromatic heterocycles. The molecule has 32 heteroatoms. The molecule has 0 bridgehead atoms. The highest BCUT2D eigenvalue weighted by molar-refractivity contribution is 5.89. The van der Waals surface area contributed by atoms with Gasteiger partial charge in [-0.05, 0) is 48.5 Å². The molecule has 8 N–H and O–H groups in total. The molecular weight excluding hydrogens is 1240 g/mol. The van der Waals surface area contributed by atoms with Crippen molar-refractivity contribution in [1.82, 2.24) is 0 Å². The molecule has 2 rings (SSSR count). The van der Waals surface area contributed by atoms with E-state index in [4.69, 9.17) is 80.5 Å². The van der Waals surface area contributed by atoms with E-state index < -0.39 is 252 Å². The van der Waals surface area contributed by atoms with Crippen molar-refractivity contribution in [3.63, 3.8) is 0 Å². The Morgan fingerprint density at radius 2 is 0.645 bits per heavy atom. The third-order valence-electron chi connectivity index (χ3n) is 12.4. The molecule has 2 aliphatic heterocycles. The van der Waals surface area contributed by atoms with Gasteiger partial charge in [-0.3, -0.25) is 0 Å². The summed E-state index contributed by atoms with van der Waals surface area (Å²) < 4.78 is 97.5. The van der Waals surface area contributed by atoms with Crippen molar-refractivity contribution < 1.29 is 155 Å². The van der Waals surface area contributed by atoms with Gasteiger partial charge in [-0.15, -0.1) is 0 Å². The summed E-state index contributed by atoms with van der Waals surface area (Å²) in [6.45, 7) is 22.3. The fourth-order valence-corrected chi connectivity index (χ4v) is 7.54. The number of aliphatic hydroxyl groups excluding tert-OH is 8. The molecule has 32 nitrogen and oxygen atoms in total. The summed E-state index contributed by atoms with van der Waals surface area (Å²) in [6, 6.07) is 0. The van der Waals surface area contributed by atoms with Crippen LogP contribution in [0.2, 0.25) is 0 Å². The average molecular weight is 1340 g/mol. The van der Waals surface area contributed by atoms with Gasteiger partial charge in [0.25, 0.3) is 0 Å². The Labute approximate surface area is 538 Å². The topological polar surface area (TPSA) is 438 Å². The van der Waals surface area contributed by atoms with Crippen molar-refractivity contribution in [1.29, 1.82) is 0 Å². The van der Waals surface area contributed by atoms with Gasteiger partial charge in [0.05, 0.1) is 59.5 Å². The van der Waals surface area contributed by atoms with Crippen LogP contribution in [0.5, 0.6) is 0 Å². The third-order valence-corrected chi connectivity index (χ3v) is 12.4. The van der Waals surface area contributed by atoms with E-state index in [-0.39, 0.29) is 39.0 Å². The summed E-state index contributed by atoms with van der Waals surface area (Å²) in [5.41, 5.74) is -0.0267. The Bertz CT molecular complexity index is 2530. The lowest BCUT2D eigenvalue weighted by Gasteiger charge is -2.46. The van der Waals surface area contributed by atoms with Gasteiger partial charge < -0.3 is 121 Å². The predicted molar refractivity (Wildman–Crippen MR) is 317 cm³/mol. The molecule has 7 unspecified atom stereocenters. The largest absolute Gasteiger partial charge is 0.460 e. The molecule has 2 fully saturated rings. The van der Waals surface area contributed by atoms with Crippen LogP contribution in [0, 0.1) is 0 Å². The normalized spacial score (nSPS) is 23.3. The monoisotopic (exact) mass is 1340 g/mol. The summed E-state index contributed by atoms with van der Waals surface area (Å²) >= 11 is 0. The maximum absolute atomic E-state index is 12.4. The van der Waals surface area contributed by atoms with E-state index in [0.29, 0.717) is 0 Å². The number of carbonyl (C=O) groups is 7. The molecule has 2 saturated heterocycles. The van der Waals surface area contributed by atoms with Gasteiger partial charge in [0.2, 0.25) is 5.79 Å². The summed E-state index contributed by atoms with van der Waals surface area (Å²) in [7, 11) is 0. The maximum Gasteiger partial charge on any atom is 0.333 e. The quantitative estimate of drug-likeness (QED) is 0.0188. The van der Waals surface area contributed by atoms with Crippen molar-refractivity contribution in [2.75, 3.05) is 112 Å². The van der Waals surface area contributed by atoms with E-state index in [1.54, 1.807) is 0 Å². The van der Waals surface area contributed by atoms with E-state index in [0.717, 1.165) is 0 Å². The highest BCUT2D eigenvalue weighted by Gasteiger charge is 2.58. The number of hydrogen-bond donors (Lipinski definition) is 8. The molecule has 0 aromatic rings. The maximum atomic E-state index is 12.4. The lowest BCUT2D eigenvalue weighted by molar-refractivity contribution is -0.337. The Morgan fingerprint density at radius 1 is 0.355 bits per heavy atom. The van der Waals surface area contributed by atoms with Crippen molar-refractivity contribution in [2.24, 2.45) is 0 Å². The number of esters is 7. The van der Waals surface area contributed by atoms with Crippen LogP contribution >= 0.6 is 0 Å². The minimum absolute atomic E-state index is 0.00418. The van der Waals surface area contributed by atoms with Crippen LogP contribution in [0.1, 0.15) is 48.5 Å². The highest BCUT2D eigenvalue weighted by atomic mass is 16.8. The third kappa shape index (κ3) is 30.8. The molecule has 2 heterocycles. The zero-order valence-corrected chi connectivity index (χ0v) is 53.5. The lowest BCUT2D eigenvalue weighted by Crippen LogP contribution is -2.63. The van der Waals surface area contributed by atoms with E-state index >= 15 is 0 Å². The van der Waals surface area contributed by atoms with Gasteiger partial charge in [0, 0.05) is 39.0 Å². The number of ether oxygens (including phenoxy) is 17. The number of aliphatic hydroxyl groups is 8. The predicted octanol–water partition coefficient (Wildman–Crippen LogP) is -1.86. The summed E-state index contributed by atoms with van der Waals surface area (Å²) in [4.78, 5) is 85.9. The van der Waals surface area contributed by atoms with Crippen LogP contribution in [0.4, 0.5) is 0 Å². The van der Waals surface area contributed by atoms with Gasteiger partial charge in [-0.1, -0.05) is 46.1 Å². The number of hydrogen-bond acceptors (Lipinski definition) is 32. The Morgan fingerprint density at radius 3 is 0.989 bits per heavy atom. The van der Waals surface area contributed by atoms with Crippen molar-refractivity contribution in [3.05, 3.63) is 85.1 Å². The van der Waals surface area contributed by atoms with Gasteiger partial charge in [0.15, 0.2) is 6.29 Å². The second kappa shape index (κ2) is 42.2. The zero-order valence-electron chi connectivity index (χ0n) is 53.5. The van der Waals surface area contributed by atoms with E-state index in [2.05, 4.69) is 46.1 Å².